The molecule has 4 atom stereocenters. The molecule has 0 bridgehead atoms. The molecule has 1 fully saturated rings. The molecule has 1 aliphatic carbocycles. The maximum absolute atomic E-state index is 12.2. The number of hydrogen-bond acceptors (Lipinski definition) is 3. The summed E-state index contributed by atoms with van der Waals surface area (Å²) in [4.78, 5) is 12.2. The zero-order chi connectivity index (χ0) is 15.2. The van der Waals surface area contributed by atoms with Gasteiger partial charge in [-0.1, -0.05) is 50.1 Å². The minimum Gasteiger partial charge on any atom is -0.393 e. The zero-order valence-electron chi connectivity index (χ0n) is 13.1. The number of aliphatic hydroxyl groups is 1. The van der Waals surface area contributed by atoms with Crippen molar-refractivity contribution in [2.24, 2.45) is 17.6 Å². The number of benzene rings is 1. The highest BCUT2D eigenvalue weighted by molar-refractivity contribution is 5.85. The van der Waals surface area contributed by atoms with E-state index in [2.05, 4.69) is 5.32 Å². The molecule has 0 radical (unpaired) electrons. The molecular formula is C17H27ClN2O2. The van der Waals surface area contributed by atoms with Crippen LogP contribution in [-0.2, 0) is 4.79 Å². The van der Waals surface area contributed by atoms with Crippen LogP contribution in [0.25, 0.3) is 0 Å². The van der Waals surface area contributed by atoms with E-state index in [1.165, 1.54) is 0 Å². The summed E-state index contributed by atoms with van der Waals surface area (Å²) in [7, 11) is 0. The average molecular weight is 327 g/mol. The monoisotopic (exact) mass is 326 g/mol. The molecule has 1 amide bonds. The number of nitrogens with two attached hydrogens (primary N) is 1. The van der Waals surface area contributed by atoms with Crippen LogP contribution in [0.3, 0.4) is 0 Å². The summed E-state index contributed by atoms with van der Waals surface area (Å²) in [5.74, 6) is -0.139. The summed E-state index contributed by atoms with van der Waals surface area (Å²) in [6.07, 6.45) is 3.77. The van der Waals surface area contributed by atoms with Gasteiger partial charge in [0.25, 0.3) is 0 Å². The predicted molar refractivity (Wildman–Crippen MR) is 90.8 cm³/mol. The van der Waals surface area contributed by atoms with Crippen LogP contribution in [0.4, 0.5) is 0 Å². The molecule has 1 aromatic rings. The molecule has 4 unspecified atom stereocenters. The zero-order valence-corrected chi connectivity index (χ0v) is 13.9. The van der Waals surface area contributed by atoms with E-state index in [1.54, 1.807) is 0 Å². The van der Waals surface area contributed by atoms with E-state index in [-0.39, 0.29) is 42.3 Å². The van der Waals surface area contributed by atoms with Crippen molar-refractivity contribution in [1.29, 1.82) is 0 Å². The number of hydrogen-bond donors (Lipinski definition) is 3. The molecular weight excluding hydrogens is 300 g/mol. The van der Waals surface area contributed by atoms with Crippen molar-refractivity contribution in [1.82, 2.24) is 5.32 Å². The van der Waals surface area contributed by atoms with E-state index < -0.39 is 0 Å². The molecule has 22 heavy (non-hydrogen) atoms. The van der Waals surface area contributed by atoms with Crippen molar-refractivity contribution in [3.8, 4) is 0 Å². The first kappa shape index (κ1) is 18.9. The third-order valence-corrected chi connectivity index (χ3v) is 4.54. The van der Waals surface area contributed by atoms with Crippen molar-refractivity contribution < 1.29 is 9.90 Å². The predicted octanol–water partition coefficient (Wildman–Crippen LogP) is 2.41. The Balaban J connectivity index is 0.00000242. The lowest BCUT2D eigenvalue weighted by molar-refractivity contribution is -0.125. The normalized spacial score (nSPS) is 24.0. The van der Waals surface area contributed by atoms with Crippen LogP contribution in [-0.4, -0.2) is 23.7 Å². The van der Waals surface area contributed by atoms with Gasteiger partial charge in [0.1, 0.15) is 0 Å². The lowest BCUT2D eigenvalue weighted by atomic mass is 9.86. The van der Waals surface area contributed by atoms with Crippen LogP contribution in [0, 0.1) is 11.8 Å². The lowest BCUT2D eigenvalue weighted by Crippen LogP contribution is -2.41. The number of carbonyl (C=O) groups is 1. The maximum Gasteiger partial charge on any atom is 0.224 e. The molecule has 0 heterocycles. The van der Waals surface area contributed by atoms with Gasteiger partial charge < -0.3 is 16.2 Å². The Morgan fingerprint density at radius 1 is 1.32 bits per heavy atom. The summed E-state index contributed by atoms with van der Waals surface area (Å²) >= 11 is 0. The highest BCUT2D eigenvalue weighted by atomic mass is 35.5. The van der Waals surface area contributed by atoms with Crippen molar-refractivity contribution in [3.63, 3.8) is 0 Å². The van der Waals surface area contributed by atoms with E-state index >= 15 is 0 Å². The van der Waals surface area contributed by atoms with E-state index in [0.717, 1.165) is 31.2 Å². The minimum absolute atomic E-state index is 0. The van der Waals surface area contributed by atoms with Crippen LogP contribution in [0.1, 0.15) is 44.2 Å². The molecule has 1 aliphatic rings. The highest BCUT2D eigenvalue weighted by Crippen LogP contribution is 2.24. The smallest absolute Gasteiger partial charge is 0.224 e. The minimum atomic E-state index is -0.303. The second-order valence-corrected chi connectivity index (χ2v) is 6.08. The third-order valence-electron chi connectivity index (χ3n) is 4.54. The van der Waals surface area contributed by atoms with E-state index in [1.807, 2.05) is 37.3 Å². The largest absolute Gasteiger partial charge is 0.393 e. The Morgan fingerprint density at radius 2 is 1.95 bits per heavy atom. The molecule has 1 saturated carbocycles. The third kappa shape index (κ3) is 4.97. The lowest BCUT2D eigenvalue weighted by Gasteiger charge is -2.28. The molecule has 0 aromatic heterocycles. The van der Waals surface area contributed by atoms with Crippen molar-refractivity contribution >= 4 is 18.3 Å². The van der Waals surface area contributed by atoms with Gasteiger partial charge in [-0.2, -0.15) is 0 Å². The summed E-state index contributed by atoms with van der Waals surface area (Å²) < 4.78 is 0. The number of nitrogens with one attached hydrogen (secondary N) is 1. The Kier molecular flexibility index (Phi) is 7.87. The summed E-state index contributed by atoms with van der Waals surface area (Å²) in [6.45, 7) is 2.40. The van der Waals surface area contributed by atoms with Crippen molar-refractivity contribution in [2.45, 2.75) is 44.8 Å². The SMILES string of the molecule is CC(C(=O)NCC1CCCCC1O)C(N)c1ccccc1.Cl. The van der Waals surface area contributed by atoms with Gasteiger partial charge in [0.2, 0.25) is 5.91 Å². The topological polar surface area (TPSA) is 75.3 Å². The Morgan fingerprint density at radius 3 is 2.59 bits per heavy atom. The van der Waals surface area contributed by atoms with E-state index in [9.17, 15) is 9.90 Å². The molecule has 0 saturated heterocycles. The van der Waals surface area contributed by atoms with Gasteiger partial charge in [0.05, 0.1) is 12.0 Å². The molecule has 4 N–H and O–H groups in total. The Bertz CT molecular complexity index is 455. The summed E-state index contributed by atoms with van der Waals surface area (Å²) in [6, 6.07) is 9.38. The van der Waals surface area contributed by atoms with Crippen LogP contribution < -0.4 is 11.1 Å². The van der Waals surface area contributed by atoms with E-state index in [4.69, 9.17) is 5.73 Å². The van der Waals surface area contributed by atoms with Crippen LogP contribution in [0.5, 0.6) is 0 Å². The number of aliphatic hydroxyl groups excluding tert-OH is 1. The quantitative estimate of drug-likeness (QED) is 0.777. The highest BCUT2D eigenvalue weighted by Gasteiger charge is 2.26. The molecule has 1 aromatic carbocycles. The fourth-order valence-corrected chi connectivity index (χ4v) is 2.95. The molecule has 4 nitrogen and oxygen atoms in total. The Hall–Kier alpha value is -1.10. The van der Waals surface area contributed by atoms with Crippen molar-refractivity contribution in [3.05, 3.63) is 35.9 Å². The molecule has 2 rings (SSSR count). The summed E-state index contributed by atoms with van der Waals surface area (Å²) in [5.41, 5.74) is 7.14. The van der Waals surface area contributed by atoms with Gasteiger partial charge in [-0.25, -0.2) is 0 Å². The number of amides is 1. The second kappa shape index (κ2) is 9.13. The summed E-state index contributed by atoms with van der Waals surface area (Å²) in [5, 5.41) is 12.9. The average Bonchev–Trinajstić information content (AvgIpc) is 2.53. The Labute approximate surface area is 138 Å². The van der Waals surface area contributed by atoms with Crippen LogP contribution >= 0.6 is 12.4 Å². The number of halogens is 1. The van der Waals surface area contributed by atoms with E-state index in [0.29, 0.717) is 6.54 Å². The number of carbonyl (C=O) groups excluding carboxylic acids is 1. The van der Waals surface area contributed by atoms with Gasteiger partial charge in [0.15, 0.2) is 0 Å². The fourth-order valence-electron chi connectivity index (χ4n) is 2.95. The first-order valence-corrected chi connectivity index (χ1v) is 7.86. The van der Waals surface area contributed by atoms with Crippen LogP contribution in [0.2, 0.25) is 0 Å². The van der Waals surface area contributed by atoms with Gasteiger partial charge in [-0.15, -0.1) is 12.4 Å². The molecule has 124 valence electrons. The van der Waals surface area contributed by atoms with Crippen molar-refractivity contribution in [2.75, 3.05) is 6.54 Å². The maximum atomic E-state index is 12.2. The number of rotatable bonds is 5. The molecule has 5 heteroatoms. The van der Waals surface area contributed by atoms with Gasteiger partial charge in [-0.05, 0) is 18.4 Å². The van der Waals surface area contributed by atoms with Gasteiger partial charge in [0, 0.05) is 18.5 Å². The van der Waals surface area contributed by atoms with Gasteiger partial charge in [-0.3, -0.25) is 4.79 Å². The standard InChI is InChI=1S/C17H26N2O2.ClH/c1-12(16(18)13-7-3-2-4-8-13)17(21)19-11-14-9-5-6-10-15(14)20;/h2-4,7-8,12,14-16,20H,5-6,9-11,18H2,1H3,(H,19,21);1H. The first-order valence-electron chi connectivity index (χ1n) is 7.86. The molecule has 0 spiro atoms. The van der Waals surface area contributed by atoms with Gasteiger partial charge >= 0.3 is 0 Å². The fraction of sp³-hybridized carbons (Fsp3) is 0.588. The van der Waals surface area contributed by atoms with Crippen LogP contribution in [0.15, 0.2) is 30.3 Å². The molecule has 0 aliphatic heterocycles. The second-order valence-electron chi connectivity index (χ2n) is 6.08. The first-order chi connectivity index (χ1) is 10.1.